The highest BCUT2D eigenvalue weighted by molar-refractivity contribution is 6.30. The van der Waals surface area contributed by atoms with Crippen LogP contribution in [-0.2, 0) is 16.1 Å². The molecule has 9 nitrogen and oxygen atoms in total. The summed E-state index contributed by atoms with van der Waals surface area (Å²) < 4.78 is 37.2. The largest absolute Gasteiger partial charge is 0.490 e. The fourth-order valence-corrected chi connectivity index (χ4v) is 4.66. The lowest BCUT2D eigenvalue weighted by atomic mass is 10.0. The van der Waals surface area contributed by atoms with E-state index < -0.39 is 24.2 Å². The number of β-amino-alcohol motifs (C(OH)–C–C–N with tert-alkyl or cyclic N) is 1. The minimum absolute atomic E-state index is 0.0321. The molecule has 4 rings (SSSR count). The number of alkyl halides is 3. The first-order chi connectivity index (χ1) is 18.4. The number of rotatable bonds is 8. The fraction of sp³-hybridized carbons (Fsp3) is 0.462. The van der Waals surface area contributed by atoms with E-state index in [1.54, 1.807) is 6.07 Å². The quantitative estimate of drug-likeness (QED) is 0.377. The molecule has 2 atom stereocenters. The number of aliphatic carboxylic acids is 2. The van der Waals surface area contributed by atoms with Gasteiger partial charge < -0.3 is 30.3 Å². The van der Waals surface area contributed by atoms with Gasteiger partial charge in [-0.25, -0.2) is 9.59 Å². The number of nitrogens with zero attached hydrogens (tertiary/aromatic N) is 2. The van der Waals surface area contributed by atoms with E-state index >= 15 is 0 Å². The van der Waals surface area contributed by atoms with Gasteiger partial charge in [0.1, 0.15) is 5.75 Å². The Balaban J connectivity index is 0.000000532. The zero-order valence-electron chi connectivity index (χ0n) is 21.0. The summed E-state index contributed by atoms with van der Waals surface area (Å²) in [6.45, 7) is 3.71. The van der Waals surface area contributed by atoms with Crippen LogP contribution in [0.2, 0.25) is 5.02 Å². The van der Waals surface area contributed by atoms with E-state index in [1.165, 1.54) is 5.56 Å². The van der Waals surface area contributed by atoms with E-state index in [9.17, 15) is 23.1 Å². The molecule has 0 unspecified atom stereocenters. The fourth-order valence-electron chi connectivity index (χ4n) is 4.54. The van der Waals surface area contributed by atoms with Gasteiger partial charge in [-0.05, 0) is 55.8 Å². The molecular formula is C26H31ClF3N3O6. The number of piperidine rings is 1. The molecule has 2 aliphatic heterocycles. The van der Waals surface area contributed by atoms with Gasteiger partial charge in [-0.15, -0.1) is 0 Å². The molecule has 0 amide bonds. The van der Waals surface area contributed by atoms with Crippen LogP contribution >= 0.6 is 11.6 Å². The lowest BCUT2D eigenvalue weighted by Crippen LogP contribution is -2.49. The van der Waals surface area contributed by atoms with Gasteiger partial charge in [0.2, 0.25) is 0 Å². The summed E-state index contributed by atoms with van der Waals surface area (Å²) in [6.07, 6.45) is -3.50. The lowest BCUT2D eigenvalue weighted by molar-refractivity contribution is -0.192. The standard InChI is InChI=1S/C24H30ClN3O4.C2HF3O2/c25-18-7-5-17(6-8-18)13-27-11-9-19(10-12-27)26-20-14-28(15-22(20)29)21-3-1-2-4-23(21)32-16-24(30)31;3-2(4,5)1(6)7/h1-8,19-20,22,26,29H,9-16H2,(H,30,31);(H,6,7)/t20-,22-;/m1./s1. The van der Waals surface area contributed by atoms with Crippen LogP contribution in [0.25, 0.3) is 0 Å². The first-order valence-corrected chi connectivity index (χ1v) is 12.7. The number of anilines is 1. The van der Waals surface area contributed by atoms with Crippen LogP contribution in [0.1, 0.15) is 18.4 Å². The number of nitrogens with one attached hydrogen (secondary N) is 1. The Morgan fingerprint density at radius 1 is 1.03 bits per heavy atom. The number of benzene rings is 2. The van der Waals surface area contributed by atoms with Crippen molar-refractivity contribution in [2.45, 2.75) is 43.8 Å². The molecule has 2 saturated heterocycles. The Labute approximate surface area is 228 Å². The SMILES string of the molecule is O=C(O)C(F)(F)F.O=C(O)COc1ccccc1N1C[C@@H](O)[C@H](NC2CCN(Cc3ccc(Cl)cc3)CC2)C1. The van der Waals surface area contributed by atoms with Crippen molar-refractivity contribution in [3.8, 4) is 5.75 Å². The Bertz CT molecular complexity index is 1100. The number of hydrogen-bond acceptors (Lipinski definition) is 7. The monoisotopic (exact) mass is 573 g/mol. The molecule has 214 valence electrons. The Kier molecular flexibility index (Phi) is 10.8. The summed E-state index contributed by atoms with van der Waals surface area (Å²) in [5.41, 5.74) is 2.08. The third kappa shape index (κ3) is 9.57. The van der Waals surface area contributed by atoms with Crippen LogP contribution in [0.4, 0.5) is 18.9 Å². The number of ether oxygens (including phenoxy) is 1. The third-order valence-electron chi connectivity index (χ3n) is 6.45. The summed E-state index contributed by atoms with van der Waals surface area (Å²) in [5.74, 6) is -3.24. The summed E-state index contributed by atoms with van der Waals surface area (Å²) in [5, 5.41) is 31.1. The molecule has 2 heterocycles. The van der Waals surface area contributed by atoms with Crippen LogP contribution in [0.3, 0.4) is 0 Å². The molecule has 0 aromatic heterocycles. The second kappa shape index (κ2) is 13.8. The molecule has 0 radical (unpaired) electrons. The number of aliphatic hydroxyl groups is 1. The number of carboxylic acid groups (broad SMARTS) is 2. The average Bonchev–Trinajstić information content (AvgIpc) is 3.25. The minimum atomic E-state index is -5.08. The van der Waals surface area contributed by atoms with Gasteiger partial charge in [0.15, 0.2) is 6.61 Å². The van der Waals surface area contributed by atoms with Gasteiger partial charge >= 0.3 is 18.1 Å². The van der Waals surface area contributed by atoms with E-state index in [-0.39, 0.29) is 12.6 Å². The van der Waals surface area contributed by atoms with Crippen LogP contribution < -0.4 is 15.0 Å². The van der Waals surface area contributed by atoms with Crippen LogP contribution in [0.5, 0.6) is 5.75 Å². The zero-order chi connectivity index (χ0) is 28.6. The summed E-state index contributed by atoms with van der Waals surface area (Å²) in [7, 11) is 0. The molecule has 0 bridgehead atoms. The van der Waals surface area contributed by atoms with Gasteiger partial charge in [-0.1, -0.05) is 35.9 Å². The van der Waals surface area contributed by atoms with Crippen LogP contribution in [0, 0.1) is 0 Å². The number of likely N-dealkylation sites (tertiary alicyclic amines) is 1. The number of halogens is 4. The van der Waals surface area contributed by atoms with E-state index in [0.717, 1.165) is 43.2 Å². The van der Waals surface area contributed by atoms with Crippen molar-refractivity contribution in [3.63, 3.8) is 0 Å². The molecule has 2 aliphatic rings. The zero-order valence-corrected chi connectivity index (χ0v) is 21.7. The van der Waals surface area contributed by atoms with E-state index in [4.69, 9.17) is 31.3 Å². The first kappa shape index (κ1) is 30.5. The van der Waals surface area contributed by atoms with Crippen molar-refractivity contribution < 1.29 is 42.8 Å². The van der Waals surface area contributed by atoms with E-state index in [2.05, 4.69) is 27.2 Å². The van der Waals surface area contributed by atoms with E-state index in [1.807, 2.05) is 30.3 Å². The second-order valence-electron chi connectivity index (χ2n) is 9.38. The number of carboxylic acids is 2. The topological polar surface area (TPSA) is 123 Å². The van der Waals surface area contributed by atoms with Crippen LogP contribution in [-0.4, -0.2) is 89.3 Å². The summed E-state index contributed by atoms with van der Waals surface area (Å²) in [6, 6.07) is 15.7. The Hall–Kier alpha value is -3.06. The molecule has 2 aromatic rings. The first-order valence-electron chi connectivity index (χ1n) is 12.3. The molecule has 13 heteroatoms. The number of carbonyl (C=O) groups is 2. The Morgan fingerprint density at radius 3 is 2.23 bits per heavy atom. The van der Waals surface area contributed by atoms with Crippen molar-refractivity contribution in [3.05, 3.63) is 59.1 Å². The number of hydrogen-bond donors (Lipinski definition) is 4. The second-order valence-corrected chi connectivity index (χ2v) is 9.81. The Morgan fingerprint density at radius 2 is 1.64 bits per heavy atom. The summed E-state index contributed by atoms with van der Waals surface area (Å²) >= 11 is 5.98. The van der Waals surface area contributed by atoms with Gasteiger partial charge in [0.25, 0.3) is 0 Å². The highest BCUT2D eigenvalue weighted by Crippen LogP contribution is 2.31. The molecule has 39 heavy (non-hydrogen) atoms. The maximum atomic E-state index is 10.9. The normalized spacial score (nSPS) is 20.3. The van der Waals surface area contributed by atoms with Gasteiger partial charge in [0, 0.05) is 30.7 Å². The van der Waals surface area contributed by atoms with Crippen molar-refractivity contribution in [1.82, 2.24) is 10.2 Å². The molecule has 2 aromatic carbocycles. The molecule has 0 saturated carbocycles. The van der Waals surface area contributed by atoms with Crippen molar-refractivity contribution >= 4 is 29.2 Å². The molecule has 4 N–H and O–H groups in total. The van der Waals surface area contributed by atoms with Gasteiger partial charge in [-0.3, -0.25) is 4.90 Å². The molecule has 0 spiro atoms. The van der Waals surface area contributed by atoms with Gasteiger partial charge in [0.05, 0.1) is 17.8 Å². The van der Waals surface area contributed by atoms with Crippen molar-refractivity contribution in [2.75, 3.05) is 37.7 Å². The number of para-hydroxylation sites is 2. The van der Waals surface area contributed by atoms with E-state index in [0.29, 0.717) is 24.9 Å². The maximum Gasteiger partial charge on any atom is 0.490 e. The van der Waals surface area contributed by atoms with Crippen molar-refractivity contribution in [2.24, 2.45) is 0 Å². The maximum absolute atomic E-state index is 10.9. The third-order valence-corrected chi connectivity index (χ3v) is 6.70. The smallest absolute Gasteiger partial charge is 0.480 e. The summed E-state index contributed by atoms with van der Waals surface area (Å²) in [4.78, 5) is 24.3. The van der Waals surface area contributed by atoms with Gasteiger partial charge in [-0.2, -0.15) is 13.2 Å². The predicted molar refractivity (Wildman–Crippen MR) is 138 cm³/mol. The minimum Gasteiger partial charge on any atom is -0.480 e. The average molecular weight is 574 g/mol. The van der Waals surface area contributed by atoms with Crippen LogP contribution in [0.15, 0.2) is 48.5 Å². The van der Waals surface area contributed by atoms with Crippen molar-refractivity contribution in [1.29, 1.82) is 0 Å². The molecular weight excluding hydrogens is 543 g/mol. The predicted octanol–water partition coefficient (Wildman–Crippen LogP) is 3.24. The number of aliphatic hydroxyl groups excluding tert-OH is 1. The molecule has 2 fully saturated rings. The lowest BCUT2D eigenvalue weighted by Gasteiger charge is -2.34. The highest BCUT2D eigenvalue weighted by Gasteiger charge is 2.38. The molecule has 0 aliphatic carbocycles. The highest BCUT2D eigenvalue weighted by atomic mass is 35.5.